The zero-order chi connectivity index (χ0) is 17.9. The molecule has 2 aromatic carbocycles. The lowest BCUT2D eigenvalue weighted by Crippen LogP contribution is -2.33. The number of sulfonamides is 1. The fourth-order valence-corrected chi connectivity index (χ4v) is 3.75. The highest BCUT2D eigenvalue weighted by atomic mass is 79.9. The molecule has 7 heteroatoms. The Balaban J connectivity index is 2.01. The summed E-state index contributed by atoms with van der Waals surface area (Å²) < 4.78 is 39.3. The smallest absolute Gasteiger partial charge is 0.265 e. The topological polar surface area (TPSA) is 55.8 Å². The Hall–Kier alpha value is -1.83. The van der Waals surface area contributed by atoms with E-state index in [2.05, 4.69) is 15.9 Å². The molecule has 0 aliphatic carbocycles. The molecule has 0 bridgehead atoms. The normalized spacial score (nSPS) is 20.8. The Labute approximate surface area is 156 Å². The van der Waals surface area contributed by atoms with Crippen LogP contribution in [0.1, 0.15) is 12.5 Å². The van der Waals surface area contributed by atoms with E-state index in [-0.39, 0.29) is 17.7 Å². The molecule has 132 valence electrons. The molecule has 1 atom stereocenters. The fraction of sp³-hybridized carbons (Fsp3) is 0.222. The molecule has 1 heterocycles. The number of hydrogen-bond donors (Lipinski definition) is 0. The lowest BCUT2D eigenvalue weighted by atomic mass is 10.2. The van der Waals surface area contributed by atoms with Gasteiger partial charge in [-0.1, -0.05) is 46.3 Å². The van der Waals surface area contributed by atoms with Gasteiger partial charge in [-0.2, -0.15) is 0 Å². The Kier molecular flexibility index (Phi) is 5.46. The lowest BCUT2D eigenvalue weighted by molar-refractivity contribution is -0.00941. The van der Waals surface area contributed by atoms with Crippen molar-refractivity contribution in [2.45, 2.75) is 17.9 Å². The van der Waals surface area contributed by atoms with Crippen LogP contribution in [0.3, 0.4) is 0 Å². The predicted octanol–water partition coefficient (Wildman–Crippen LogP) is 3.83. The lowest BCUT2D eigenvalue weighted by Gasteiger charge is -2.27. The Morgan fingerprint density at radius 2 is 1.76 bits per heavy atom. The molecule has 25 heavy (non-hydrogen) atoms. The number of halogens is 1. The van der Waals surface area contributed by atoms with Crippen molar-refractivity contribution in [3.05, 3.63) is 70.8 Å². The van der Waals surface area contributed by atoms with E-state index in [1.54, 1.807) is 24.3 Å². The highest BCUT2D eigenvalue weighted by molar-refractivity contribution is 9.10. The van der Waals surface area contributed by atoms with E-state index in [4.69, 9.17) is 9.47 Å². The first kappa shape index (κ1) is 18.0. The van der Waals surface area contributed by atoms with Crippen LogP contribution in [0.25, 0.3) is 5.76 Å². The number of benzene rings is 2. The molecule has 1 aliphatic rings. The summed E-state index contributed by atoms with van der Waals surface area (Å²) in [7, 11) is -3.75. The third-order valence-corrected chi connectivity index (χ3v) is 5.92. The zero-order valence-corrected chi connectivity index (χ0v) is 16.0. The van der Waals surface area contributed by atoms with E-state index in [1.165, 1.54) is 10.5 Å². The van der Waals surface area contributed by atoms with Gasteiger partial charge in [0, 0.05) is 10.0 Å². The quantitative estimate of drug-likeness (QED) is 0.752. The highest BCUT2D eigenvalue weighted by Gasteiger charge is 2.25. The van der Waals surface area contributed by atoms with Crippen LogP contribution in [0, 0.1) is 0 Å². The summed E-state index contributed by atoms with van der Waals surface area (Å²) in [5.41, 5.74) is 0.813. The van der Waals surface area contributed by atoms with Crippen LogP contribution in [0.2, 0.25) is 0 Å². The monoisotopic (exact) mass is 423 g/mol. The summed E-state index contributed by atoms with van der Waals surface area (Å²) in [6.07, 6.45) is 1.26. The molecular weight excluding hydrogens is 406 g/mol. The minimum atomic E-state index is -3.75. The minimum Gasteiger partial charge on any atom is -0.489 e. The molecule has 0 fully saturated rings. The van der Waals surface area contributed by atoms with Crippen molar-refractivity contribution >= 4 is 31.7 Å². The van der Waals surface area contributed by atoms with E-state index >= 15 is 0 Å². The van der Waals surface area contributed by atoms with Gasteiger partial charge in [-0.3, -0.25) is 0 Å². The largest absolute Gasteiger partial charge is 0.489 e. The molecule has 5 nitrogen and oxygen atoms in total. The van der Waals surface area contributed by atoms with Gasteiger partial charge in [0.1, 0.15) is 19.1 Å². The van der Waals surface area contributed by atoms with Crippen molar-refractivity contribution in [1.82, 2.24) is 4.31 Å². The first-order chi connectivity index (χ1) is 12.0. The van der Waals surface area contributed by atoms with Crippen molar-refractivity contribution in [2.24, 2.45) is 0 Å². The van der Waals surface area contributed by atoms with Gasteiger partial charge in [-0.15, -0.1) is 0 Å². The van der Waals surface area contributed by atoms with Gasteiger partial charge in [-0.05, 0) is 31.2 Å². The maximum Gasteiger partial charge on any atom is 0.265 e. The minimum absolute atomic E-state index is 0.0702. The molecule has 0 spiro atoms. The third kappa shape index (κ3) is 4.23. The average molecular weight is 424 g/mol. The van der Waals surface area contributed by atoms with Crippen LogP contribution >= 0.6 is 15.9 Å². The summed E-state index contributed by atoms with van der Waals surface area (Å²) in [6.45, 7) is 2.13. The average Bonchev–Trinajstić information content (AvgIpc) is 2.60. The molecule has 3 rings (SSSR count). The van der Waals surface area contributed by atoms with Crippen LogP contribution in [-0.2, 0) is 19.5 Å². The number of rotatable bonds is 3. The number of hydrogen-bond acceptors (Lipinski definition) is 4. The summed E-state index contributed by atoms with van der Waals surface area (Å²) in [5.74, 6) is 0.497. The van der Waals surface area contributed by atoms with E-state index < -0.39 is 10.0 Å². The molecule has 0 radical (unpaired) electrons. The summed E-state index contributed by atoms with van der Waals surface area (Å²) >= 11 is 3.31. The van der Waals surface area contributed by atoms with E-state index in [1.807, 2.05) is 37.3 Å². The molecule has 0 N–H and O–H groups in total. The van der Waals surface area contributed by atoms with E-state index in [0.29, 0.717) is 12.4 Å². The van der Waals surface area contributed by atoms with Gasteiger partial charge < -0.3 is 9.47 Å². The molecule has 0 unspecified atom stereocenters. The second-order valence-electron chi connectivity index (χ2n) is 5.62. The van der Waals surface area contributed by atoms with Gasteiger partial charge in [0.05, 0.1) is 17.2 Å². The fourth-order valence-electron chi connectivity index (χ4n) is 2.30. The number of ether oxygens (including phenoxy) is 2. The first-order valence-electron chi connectivity index (χ1n) is 7.76. The van der Waals surface area contributed by atoms with Crippen molar-refractivity contribution in [2.75, 3.05) is 13.3 Å². The maximum absolute atomic E-state index is 13.0. The number of nitrogens with zero attached hydrogens (tertiary/aromatic N) is 1. The summed E-state index contributed by atoms with van der Waals surface area (Å²) in [4.78, 5) is 0.191. The summed E-state index contributed by atoms with van der Waals surface area (Å²) in [5, 5.41) is 0. The van der Waals surface area contributed by atoms with Gasteiger partial charge in [0.15, 0.2) is 0 Å². The Morgan fingerprint density at radius 3 is 2.44 bits per heavy atom. The van der Waals surface area contributed by atoms with Crippen LogP contribution < -0.4 is 0 Å². The zero-order valence-electron chi connectivity index (χ0n) is 13.6. The second kappa shape index (κ2) is 7.59. The van der Waals surface area contributed by atoms with Gasteiger partial charge in [-0.25, -0.2) is 12.7 Å². The predicted molar refractivity (Wildman–Crippen MR) is 99.0 cm³/mol. The molecular formula is C18H18BrNO4S. The van der Waals surface area contributed by atoms with Gasteiger partial charge >= 0.3 is 0 Å². The molecule has 0 amide bonds. The first-order valence-corrected chi connectivity index (χ1v) is 9.99. The molecule has 1 aliphatic heterocycles. The summed E-state index contributed by atoms with van der Waals surface area (Å²) in [6, 6.07) is 15.9. The van der Waals surface area contributed by atoms with Crippen molar-refractivity contribution in [1.29, 1.82) is 0 Å². The van der Waals surface area contributed by atoms with Crippen LogP contribution in [0.15, 0.2) is 70.2 Å². The molecule has 0 saturated carbocycles. The van der Waals surface area contributed by atoms with Crippen molar-refractivity contribution in [3.63, 3.8) is 0 Å². The Bertz CT molecular complexity index is 850. The van der Waals surface area contributed by atoms with Crippen LogP contribution in [0.5, 0.6) is 0 Å². The van der Waals surface area contributed by atoms with E-state index in [9.17, 15) is 8.42 Å². The molecule has 0 saturated heterocycles. The highest BCUT2D eigenvalue weighted by Crippen LogP contribution is 2.24. The standard InChI is InChI=1S/C18H18BrNO4S/c1-14-12-23-18(15-5-3-2-4-6-15)11-20(13-24-14)25(21,22)17-9-7-16(19)8-10-17/h2-11,14H,12-13H2,1H3/b18-11-/t14-/m0/s1. The van der Waals surface area contributed by atoms with Crippen LogP contribution in [0.4, 0.5) is 0 Å². The maximum atomic E-state index is 13.0. The van der Waals surface area contributed by atoms with Crippen molar-refractivity contribution in [3.8, 4) is 0 Å². The van der Waals surface area contributed by atoms with Crippen molar-refractivity contribution < 1.29 is 17.9 Å². The second-order valence-corrected chi connectivity index (χ2v) is 8.43. The molecule has 2 aromatic rings. The third-order valence-electron chi connectivity index (χ3n) is 3.70. The van der Waals surface area contributed by atoms with E-state index in [0.717, 1.165) is 10.0 Å². The van der Waals surface area contributed by atoms with Gasteiger partial charge in [0.2, 0.25) is 0 Å². The Morgan fingerprint density at radius 1 is 1.08 bits per heavy atom. The van der Waals surface area contributed by atoms with Crippen LogP contribution in [-0.4, -0.2) is 32.2 Å². The molecule has 0 aromatic heterocycles. The SMILES string of the molecule is C[C@H]1CO/C(c2ccccc2)=C\N(S(=O)(=O)c2ccc(Br)cc2)CO1. The van der Waals surface area contributed by atoms with Gasteiger partial charge in [0.25, 0.3) is 10.0 Å².